The predicted molar refractivity (Wildman–Crippen MR) is 71.6 cm³/mol. The molecule has 106 valence electrons. The smallest absolute Gasteiger partial charge is 0.324 e. The van der Waals surface area contributed by atoms with Gasteiger partial charge in [-0.1, -0.05) is 19.3 Å². The lowest BCUT2D eigenvalue weighted by Gasteiger charge is -2.40. The van der Waals surface area contributed by atoms with Gasteiger partial charge in [0.15, 0.2) is 0 Å². The van der Waals surface area contributed by atoms with Gasteiger partial charge in [-0.15, -0.1) is 0 Å². The van der Waals surface area contributed by atoms with Crippen molar-refractivity contribution in [2.45, 2.75) is 44.6 Å². The molecule has 5 nitrogen and oxygen atoms in total. The topological polar surface area (TPSA) is 61.4 Å². The fraction of sp³-hybridized carbons (Fsp3) is 0.857. The highest BCUT2D eigenvalue weighted by Gasteiger charge is 2.39. The van der Waals surface area contributed by atoms with Crippen LogP contribution in [0, 0.1) is 11.8 Å². The minimum Gasteiger partial charge on any atom is -0.335 e. The summed E-state index contributed by atoms with van der Waals surface area (Å²) in [6.07, 6.45) is 6.70. The largest absolute Gasteiger partial charge is 0.335 e. The third-order valence-electron chi connectivity index (χ3n) is 4.68. The molecule has 3 rings (SSSR count). The van der Waals surface area contributed by atoms with Crippen LogP contribution < -0.4 is 10.6 Å². The summed E-state index contributed by atoms with van der Waals surface area (Å²) >= 11 is 0. The second-order valence-corrected chi connectivity index (χ2v) is 6.19. The van der Waals surface area contributed by atoms with Gasteiger partial charge in [0.25, 0.3) is 0 Å². The van der Waals surface area contributed by atoms with E-state index in [1.807, 2.05) is 0 Å². The Hall–Kier alpha value is -1.10. The highest BCUT2D eigenvalue weighted by atomic mass is 16.2. The van der Waals surface area contributed by atoms with E-state index in [9.17, 15) is 9.59 Å². The van der Waals surface area contributed by atoms with Gasteiger partial charge in [-0.05, 0) is 31.7 Å². The van der Waals surface area contributed by atoms with Gasteiger partial charge in [-0.25, -0.2) is 4.79 Å². The van der Waals surface area contributed by atoms with Crippen molar-refractivity contribution in [3.05, 3.63) is 0 Å². The third kappa shape index (κ3) is 2.76. The number of fused-ring (bicyclic) bond motifs is 2. The fourth-order valence-corrected chi connectivity index (χ4v) is 3.61. The molecule has 0 aromatic heterocycles. The van der Waals surface area contributed by atoms with Gasteiger partial charge in [-0.3, -0.25) is 9.69 Å². The monoisotopic (exact) mass is 265 g/mol. The van der Waals surface area contributed by atoms with Gasteiger partial charge in [-0.2, -0.15) is 0 Å². The first-order valence-electron chi connectivity index (χ1n) is 7.56. The summed E-state index contributed by atoms with van der Waals surface area (Å²) in [4.78, 5) is 26.0. The lowest BCUT2D eigenvalue weighted by Crippen LogP contribution is -2.59. The highest BCUT2D eigenvalue weighted by molar-refractivity contribution is 5.96. The summed E-state index contributed by atoms with van der Waals surface area (Å²) in [5.74, 6) is 0.454. The van der Waals surface area contributed by atoms with Crippen LogP contribution in [0.5, 0.6) is 0 Å². The Bertz CT molecular complexity index is 366. The molecule has 3 fully saturated rings. The molecule has 1 aliphatic carbocycles. The van der Waals surface area contributed by atoms with Gasteiger partial charge in [0, 0.05) is 19.1 Å². The highest BCUT2D eigenvalue weighted by Crippen LogP contribution is 2.26. The van der Waals surface area contributed by atoms with Crippen LogP contribution in [-0.4, -0.2) is 42.5 Å². The average Bonchev–Trinajstić information content (AvgIpc) is 2.44. The normalized spacial score (nSPS) is 32.2. The lowest BCUT2D eigenvalue weighted by atomic mass is 9.85. The van der Waals surface area contributed by atoms with E-state index in [2.05, 4.69) is 10.6 Å². The number of piperidine rings is 2. The van der Waals surface area contributed by atoms with E-state index in [0.717, 1.165) is 32.4 Å². The van der Waals surface area contributed by atoms with Crippen molar-refractivity contribution in [2.75, 3.05) is 19.6 Å². The van der Waals surface area contributed by atoms with Gasteiger partial charge in [0.1, 0.15) is 0 Å². The summed E-state index contributed by atoms with van der Waals surface area (Å²) in [5, 5.41) is 6.33. The second-order valence-electron chi connectivity index (χ2n) is 6.19. The number of rotatable bonds is 1. The van der Waals surface area contributed by atoms with Crippen LogP contribution in [0.3, 0.4) is 0 Å². The van der Waals surface area contributed by atoms with Crippen molar-refractivity contribution in [1.82, 2.24) is 15.5 Å². The maximum Gasteiger partial charge on any atom is 0.324 e. The molecule has 2 aliphatic heterocycles. The summed E-state index contributed by atoms with van der Waals surface area (Å²) < 4.78 is 0. The molecular weight excluding hydrogens is 242 g/mol. The van der Waals surface area contributed by atoms with Crippen molar-refractivity contribution in [2.24, 2.45) is 11.8 Å². The number of hydrogen-bond acceptors (Lipinski definition) is 3. The van der Waals surface area contributed by atoms with Crippen LogP contribution in [0.25, 0.3) is 0 Å². The number of hydrogen-bond donors (Lipinski definition) is 2. The number of nitrogens with one attached hydrogen (secondary N) is 2. The first kappa shape index (κ1) is 12.9. The van der Waals surface area contributed by atoms with E-state index in [-0.39, 0.29) is 23.9 Å². The Labute approximate surface area is 114 Å². The molecule has 0 spiro atoms. The summed E-state index contributed by atoms with van der Waals surface area (Å²) in [7, 11) is 0. The van der Waals surface area contributed by atoms with Crippen LogP contribution in [0.15, 0.2) is 0 Å². The number of likely N-dealkylation sites (tertiary alicyclic amines) is 1. The zero-order chi connectivity index (χ0) is 13.2. The lowest BCUT2D eigenvalue weighted by molar-refractivity contribution is -0.137. The van der Waals surface area contributed by atoms with Gasteiger partial charge >= 0.3 is 6.03 Å². The van der Waals surface area contributed by atoms with Crippen molar-refractivity contribution in [3.63, 3.8) is 0 Å². The van der Waals surface area contributed by atoms with Crippen LogP contribution in [-0.2, 0) is 4.79 Å². The molecule has 2 heterocycles. The minimum atomic E-state index is -0.159. The quantitative estimate of drug-likeness (QED) is 0.746. The Kier molecular flexibility index (Phi) is 3.73. The Morgan fingerprint density at radius 2 is 2.00 bits per heavy atom. The summed E-state index contributed by atoms with van der Waals surface area (Å²) in [5.41, 5.74) is 0. The molecular formula is C14H23N3O2. The first-order chi connectivity index (χ1) is 9.24. The molecule has 2 bridgehead atoms. The van der Waals surface area contributed by atoms with E-state index in [0.29, 0.717) is 12.5 Å². The maximum atomic E-state index is 12.3. The molecule has 19 heavy (non-hydrogen) atoms. The SMILES string of the molecule is O=C(NC1CCCCC1)N1CC2CNCC(C2)C1=O. The zero-order valence-electron chi connectivity index (χ0n) is 11.4. The van der Waals surface area contributed by atoms with Crippen molar-refractivity contribution >= 4 is 11.9 Å². The van der Waals surface area contributed by atoms with Gasteiger partial charge in [0.2, 0.25) is 5.91 Å². The Morgan fingerprint density at radius 1 is 1.21 bits per heavy atom. The molecule has 5 heteroatoms. The number of imide groups is 1. The molecule has 0 radical (unpaired) electrons. The van der Waals surface area contributed by atoms with Crippen molar-refractivity contribution < 1.29 is 9.59 Å². The first-order valence-corrected chi connectivity index (χ1v) is 7.56. The van der Waals surface area contributed by atoms with E-state index < -0.39 is 0 Å². The average molecular weight is 265 g/mol. The second kappa shape index (κ2) is 5.49. The van der Waals surface area contributed by atoms with E-state index in [1.165, 1.54) is 24.2 Å². The molecule has 2 saturated heterocycles. The molecule has 3 aliphatic rings. The van der Waals surface area contributed by atoms with Crippen LogP contribution in [0.2, 0.25) is 0 Å². The predicted octanol–water partition coefficient (Wildman–Crippen LogP) is 1.10. The van der Waals surface area contributed by atoms with Gasteiger partial charge in [0.05, 0.1) is 5.92 Å². The van der Waals surface area contributed by atoms with E-state index >= 15 is 0 Å². The molecule has 0 aromatic rings. The number of carbonyl (C=O) groups is 2. The molecule has 2 N–H and O–H groups in total. The number of urea groups is 1. The molecule has 2 atom stereocenters. The molecule has 2 unspecified atom stereocenters. The molecule has 0 aromatic carbocycles. The van der Waals surface area contributed by atoms with Crippen LogP contribution >= 0.6 is 0 Å². The summed E-state index contributed by atoms with van der Waals surface area (Å²) in [6, 6.07) is 0.113. The van der Waals surface area contributed by atoms with E-state index in [4.69, 9.17) is 0 Å². The Morgan fingerprint density at radius 3 is 2.79 bits per heavy atom. The molecule has 3 amide bonds. The van der Waals surface area contributed by atoms with Crippen LogP contribution in [0.1, 0.15) is 38.5 Å². The van der Waals surface area contributed by atoms with Crippen molar-refractivity contribution in [3.8, 4) is 0 Å². The number of amides is 3. The standard InChI is InChI=1S/C14H23N3O2/c18-13-11-6-10(7-15-8-11)9-17(13)14(19)16-12-4-2-1-3-5-12/h10-12,15H,1-9H2,(H,16,19). The zero-order valence-corrected chi connectivity index (χ0v) is 11.4. The van der Waals surface area contributed by atoms with Crippen LogP contribution in [0.4, 0.5) is 4.79 Å². The fourth-order valence-electron chi connectivity index (χ4n) is 3.61. The number of nitrogens with zero attached hydrogens (tertiary/aromatic N) is 1. The van der Waals surface area contributed by atoms with Gasteiger partial charge < -0.3 is 10.6 Å². The minimum absolute atomic E-state index is 0.00426. The summed E-state index contributed by atoms with van der Waals surface area (Å²) in [6.45, 7) is 2.24. The van der Waals surface area contributed by atoms with Crippen molar-refractivity contribution in [1.29, 1.82) is 0 Å². The third-order valence-corrected chi connectivity index (χ3v) is 4.68. The van der Waals surface area contributed by atoms with E-state index in [1.54, 1.807) is 0 Å². The maximum absolute atomic E-state index is 12.3. The Balaban J connectivity index is 1.60. The number of carbonyl (C=O) groups excluding carboxylic acids is 2. The molecule has 1 saturated carbocycles.